The van der Waals surface area contributed by atoms with E-state index < -0.39 is 6.09 Å². The number of methoxy groups -OCH3 is 1. The minimum Gasteiger partial charge on any atom is -0.495 e. The number of anilines is 1. The van der Waals surface area contributed by atoms with Crippen molar-refractivity contribution in [2.75, 3.05) is 64.9 Å². The third-order valence-corrected chi connectivity index (χ3v) is 13.2. The van der Waals surface area contributed by atoms with Gasteiger partial charge in [-0.1, -0.05) is 55.3 Å². The van der Waals surface area contributed by atoms with Gasteiger partial charge in [-0.15, -0.1) is 0 Å². The molecule has 4 heterocycles. The summed E-state index contributed by atoms with van der Waals surface area (Å²) in [5.74, 6) is 2.52. The zero-order valence-corrected chi connectivity index (χ0v) is 38.7. The summed E-state index contributed by atoms with van der Waals surface area (Å²) in [6.45, 7) is 10.1. The van der Waals surface area contributed by atoms with Gasteiger partial charge in [0.15, 0.2) is 6.61 Å². The summed E-state index contributed by atoms with van der Waals surface area (Å²) in [7, 11) is 1.60. The highest BCUT2D eigenvalue weighted by Gasteiger charge is 2.41. The zero-order chi connectivity index (χ0) is 45.8. The maximum Gasteiger partial charge on any atom is 0.412 e. The highest BCUT2D eigenvalue weighted by Crippen LogP contribution is 2.37. The number of aromatic nitrogens is 2. The van der Waals surface area contributed by atoms with Crippen molar-refractivity contribution < 1.29 is 28.5 Å². The first kappa shape index (κ1) is 46.6. The number of fused-ring (bicyclic) bond motifs is 3. The number of hydrogen-bond acceptors (Lipinski definition) is 11. The summed E-state index contributed by atoms with van der Waals surface area (Å²) in [5, 5.41) is 7.02. The Kier molecular flexibility index (Phi) is 15.9. The van der Waals surface area contributed by atoms with E-state index >= 15 is 0 Å². The van der Waals surface area contributed by atoms with Crippen molar-refractivity contribution in [2.45, 2.75) is 96.5 Å². The SMILES string of the molecule is CCOc1ccccc1-n1c(CN2CCN(C(=O)COc3ccc(CNCCCCCCN4C5CC[C@H]4CC(OC(=O)Nc4cc(C)ccc4OC)C5)cc3)CC2)nc2ccccc2c1=O. The predicted octanol–water partition coefficient (Wildman–Crippen LogP) is 7.72. The molecule has 0 spiro atoms. The first-order valence-electron chi connectivity index (χ1n) is 23.8. The van der Waals surface area contributed by atoms with Gasteiger partial charge in [-0.3, -0.25) is 29.3 Å². The molecular weight excluding hydrogens is 835 g/mol. The molecule has 0 radical (unpaired) electrons. The van der Waals surface area contributed by atoms with E-state index in [2.05, 4.69) is 32.6 Å². The molecule has 14 nitrogen and oxygen atoms in total. The Bertz CT molecular complexity index is 2460. The van der Waals surface area contributed by atoms with E-state index in [1.165, 1.54) is 37.7 Å². The second-order valence-corrected chi connectivity index (χ2v) is 17.7. The lowest BCUT2D eigenvalue weighted by molar-refractivity contribution is -0.135. The lowest BCUT2D eigenvalue weighted by atomic mass is 9.99. The summed E-state index contributed by atoms with van der Waals surface area (Å²) in [6, 6.07) is 29.6. The molecule has 3 atom stereocenters. The highest BCUT2D eigenvalue weighted by atomic mass is 16.6. The molecule has 5 aromatic rings. The van der Waals surface area contributed by atoms with Crippen molar-refractivity contribution in [3.63, 3.8) is 0 Å². The number of amides is 2. The summed E-state index contributed by atoms with van der Waals surface area (Å²) in [4.78, 5) is 51.5. The number of ether oxygens (including phenoxy) is 4. The van der Waals surface area contributed by atoms with Crippen molar-refractivity contribution in [3.8, 4) is 22.9 Å². The minimum absolute atomic E-state index is 0.0182. The monoisotopic (exact) mass is 899 g/mol. The Labute approximate surface area is 388 Å². The number of nitrogens with one attached hydrogen (secondary N) is 2. The zero-order valence-electron chi connectivity index (χ0n) is 38.7. The molecule has 0 aliphatic carbocycles. The topological polar surface area (TPSA) is 140 Å². The maximum absolute atomic E-state index is 13.9. The Morgan fingerprint density at radius 2 is 1.56 bits per heavy atom. The van der Waals surface area contributed by atoms with Crippen molar-refractivity contribution in [1.29, 1.82) is 0 Å². The first-order chi connectivity index (χ1) is 32.3. The van der Waals surface area contributed by atoms with Crippen molar-refractivity contribution >= 4 is 28.6 Å². The van der Waals surface area contributed by atoms with Crippen molar-refractivity contribution in [2.24, 2.45) is 0 Å². The number of carbonyl (C=O) groups is 2. The van der Waals surface area contributed by atoms with E-state index in [0.717, 1.165) is 44.5 Å². The van der Waals surface area contributed by atoms with Gasteiger partial charge in [-0.2, -0.15) is 0 Å². The van der Waals surface area contributed by atoms with Crippen LogP contribution in [0.3, 0.4) is 0 Å². The third kappa shape index (κ3) is 11.7. The van der Waals surface area contributed by atoms with Crippen LogP contribution in [0.5, 0.6) is 17.2 Å². The van der Waals surface area contributed by atoms with E-state index in [4.69, 9.17) is 23.9 Å². The van der Waals surface area contributed by atoms with E-state index in [0.29, 0.717) is 96.8 Å². The second kappa shape index (κ2) is 22.5. The van der Waals surface area contributed by atoms with Crippen LogP contribution < -0.4 is 30.4 Å². The molecule has 3 fully saturated rings. The van der Waals surface area contributed by atoms with Crippen LogP contribution in [0.2, 0.25) is 0 Å². The van der Waals surface area contributed by atoms with Crippen LogP contribution in [-0.4, -0.2) is 114 Å². The quantitative estimate of drug-likeness (QED) is 0.0743. The fourth-order valence-electron chi connectivity index (χ4n) is 9.77. The number of para-hydroxylation sites is 3. The number of nitrogens with zero attached hydrogens (tertiary/aromatic N) is 5. The van der Waals surface area contributed by atoms with Crippen LogP contribution in [0, 0.1) is 6.92 Å². The van der Waals surface area contributed by atoms with Gasteiger partial charge in [0.2, 0.25) is 0 Å². The van der Waals surface area contributed by atoms with Gasteiger partial charge in [-0.25, -0.2) is 9.78 Å². The number of hydrogen-bond donors (Lipinski definition) is 2. The molecule has 66 heavy (non-hydrogen) atoms. The summed E-state index contributed by atoms with van der Waals surface area (Å²) < 4.78 is 24.8. The van der Waals surface area contributed by atoms with Crippen LogP contribution in [0.25, 0.3) is 16.6 Å². The molecule has 350 valence electrons. The number of rotatable bonds is 20. The third-order valence-electron chi connectivity index (χ3n) is 13.2. The molecule has 4 aromatic carbocycles. The Balaban J connectivity index is 0.697. The molecule has 3 aliphatic heterocycles. The van der Waals surface area contributed by atoms with Crippen molar-refractivity contribution in [3.05, 3.63) is 118 Å². The normalized spacial score (nSPS) is 18.6. The van der Waals surface area contributed by atoms with Gasteiger partial charge in [0.05, 0.1) is 42.5 Å². The fourth-order valence-corrected chi connectivity index (χ4v) is 9.77. The molecule has 2 N–H and O–H groups in total. The predicted molar refractivity (Wildman–Crippen MR) is 257 cm³/mol. The van der Waals surface area contributed by atoms with Gasteiger partial charge in [-0.05, 0) is 112 Å². The molecule has 2 unspecified atom stereocenters. The molecule has 2 amide bonds. The molecule has 1 aromatic heterocycles. The number of unbranched alkanes of at least 4 members (excludes halogenated alkanes) is 3. The average molecular weight is 900 g/mol. The highest BCUT2D eigenvalue weighted by molar-refractivity contribution is 5.87. The molecule has 8 rings (SSSR count). The minimum atomic E-state index is -0.409. The summed E-state index contributed by atoms with van der Waals surface area (Å²) >= 11 is 0. The number of benzene rings is 4. The molecule has 2 bridgehead atoms. The molecule has 0 saturated carbocycles. The van der Waals surface area contributed by atoms with Crippen LogP contribution in [0.15, 0.2) is 95.8 Å². The Morgan fingerprint density at radius 1 is 0.818 bits per heavy atom. The van der Waals surface area contributed by atoms with Gasteiger partial charge in [0.25, 0.3) is 11.5 Å². The molecule has 3 aliphatic rings. The molecular formula is C52H65N7O7. The van der Waals surface area contributed by atoms with E-state index in [-0.39, 0.29) is 24.2 Å². The number of piperazine rings is 1. The van der Waals surface area contributed by atoms with Crippen LogP contribution in [-0.2, 0) is 22.6 Å². The lowest BCUT2D eigenvalue weighted by Gasteiger charge is -2.38. The van der Waals surface area contributed by atoms with E-state index in [1.807, 2.05) is 97.6 Å². The van der Waals surface area contributed by atoms with E-state index in [1.54, 1.807) is 11.7 Å². The first-order valence-corrected chi connectivity index (χ1v) is 23.8. The lowest BCUT2D eigenvalue weighted by Crippen LogP contribution is -2.50. The number of aryl methyl sites for hydroxylation is 1. The Hall–Kier alpha value is -5.96. The smallest absolute Gasteiger partial charge is 0.412 e. The fraction of sp³-hybridized carbons (Fsp3) is 0.462. The van der Waals surface area contributed by atoms with Gasteiger partial charge in [0.1, 0.15) is 29.2 Å². The van der Waals surface area contributed by atoms with Crippen LogP contribution in [0.4, 0.5) is 10.5 Å². The average Bonchev–Trinajstić information content (AvgIpc) is 3.56. The summed E-state index contributed by atoms with van der Waals surface area (Å²) in [6.07, 6.45) is 8.40. The largest absolute Gasteiger partial charge is 0.495 e. The molecule has 3 saturated heterocycles. The maximum atomic E-state index is 13.9. The van der Waals surface area contributed by atoms with Crippen LogP contribution >= 0.6 is 0 Å². The van der Waals surface area contributed by atoms with Crippen molar-refractivity contribution in [1.82, 2.24) is 29.6 Å². The number of piperidine rings is 1. The standard InChI is InChI=1S/C52H65N7O7/c1-4-64-48-16-10-9-15-46(48)59-49(54-44-14-8-7-13-43(44)51(59)61)35-56-27-29-57(30-28-56)50(60)36-65-41-22-18-38(19-23-41)34-53-25-11-5-6-12-26-58-39-20-21-40(58)33-42(32-39)66-52(62)55-45-31-37(2)17-24-47(45)63-3/h7-10,13-19,22-24,31,39-40,42,53H,4-6,11-12,20-21,25-30,32-36H2,1-3H3,(H,55,62)/t39-,40?,42?/m0/s1. The second-order valence-electron chi connectivity index (χ2n) is 17.7. The van der Waals surface area contributed by atoms with Gasteiger partial charge >= 0.3 is 6.09 Å². The van der Waals surface area contributed by atoms with Gasteiger partial charge < -0.3 is 29.2 Å². The Morgan fingerprint density at radius 3 is 2.33 bits per heavy atom. The van der Waals surface area contributed by atoms with Crippen LogP contribution in [0.1, 0.15) is 75.2 Å². The summed E-state index contributed by atoms with van der Waals surface area (Å²) in [5.41, 5.74) is 4.05. The molecule has 14 heteroatoms. The van der Waals surface area contributed by atoms with Gasteiger partial charge in [0, 0.05) is 57.6 Å². The van der Waals surface area contributed by atoms with E-state index in [9.17, 15) is 14.4 Å². The number of carbonyl (C=O) groups excluding carboxylic acids is 2.